The second-order valence-electron chi connectivity index (χ2n) is 7.22. The largest absolute Gasteiger partial charge is 0.351 e. The first kappa shape index (κ1) is 22.6. The summed E-state index contributed by atoms with van der Waals surface area (Å²) in [5.74, 6) is 1.22. The summed E-state index contributed by atoms with van der Waals surface area (Å²) in [6.07, 6.45) is 0.122. The van der Waals surface area contributed by atoms with Crippen molar-refractivity contribution < 1.29 is 14.0 Å². The van der Waals surface area contributed by atoms with Crippen LogP contribution in [0.25, 0.3) is 0 Å². The summed E-state index contributed by atoms with van der Waals surface area (Å²) in [4.78, 5) is 26.8. The number of nitrogens with zero attached hydrogens (tertiary/aromatic N) is 1. The standard InChI is InChI=1S/C22H25ClFN3O2S/c1-15-12-16(14-27-8-10-30-11-9-27)2-5-20(15)26-21(28)6-7-25-22(29)18-4-3-17(24)13-19(18)23/h2-5,12-13H,6-11,14H2,1H3,(H,25,29)(H,26,28). The summed E-state index contributed by atoms with van der Waals surface area (Å²) in [6, 6.07) is 9.65. The van der Waals surface area contributed by atoms with Crippen molar-refractivity contribution in [3.8, 4) is 0 Å². The Balaban J connectivity index is 1.46. The summed E-state index contributed by atoms with van der Waals surface area (Å²) >= 11 is 7.87. The maximum Gasteiger partial charge on any atom is 0.252 e. The van der Waals surface area contributed by atoms with E-state index in [4.69, 9.17) is 11.6 Å². The Kier molecular flexibility index (Phi) is 8.13. The third-order valence-electron chi connectivity index (χ3n) is 4.89. The highest BCUT2D eigenvalue weighted by atomic mass is 35.5. The van der Waals surface area contributed by atoms with E-state index in [2.05, 4.69) is 21.6 Å². The molecule has 5 nitrogen and oxygen atoms in total. The van der Waals surface area contributed by atoms with Gasteiger partial charge in [0.25, 0.3) is 5.91 Å². The second-order valence-corrected chi connectivity index (χ2v) is 8.85. The van der Waals surface area contributed by atoms with Gasteiger partial charge in [0.1, 0.15) is 5.82 Å². The van der Waals surface area contributed by atoms with Crippen molar-refractivity contribution in [1.29, 1.82) is 0 Å². The second kappa shape index (κ2) is 10.8. The first-order valence-corrected chi connectivity index (χ1v) is 11.4. The SMILES string of the molecule is Cc1cc(CN2CCSCC2)ccc1NC(=O)CCNC(=O)c1ccc(F)cc1Cl. The lowest BCUT2D eigenvalue weighted by molar-refractivity contribution is -0.116. The lowest BCUT2D eigenvalue weighted by Crippen LogP contribution is -2.32. The van der Waals surface area contributed by atoms with Crippen molar-refractivity contribution in [3.63, 3.8) is 0 Å². The van der Waals surface area contributed by atoms with E-state index in [1.54, 1.807) is 0 Å². The number of halogens is 2. The average molecular weight is 450 g/mol. The number of thioether (sulfide) groups is 1. The molecule has 2 amide bonds. The van der Waals surface area contributed by atoms with Crippen molar-refractivity contribution in [2.24, 2.45) is 0 Å². The zero-order valence-electron chi connectivity index (χ0n) is 16.8. The van der Waals surface area contributed by atoms with Gasteiger partial charge in [0.2, 0.25) is 5.91 Å². The molecule has 1 saturated heterocycles. The van der Waals surface area contributed by atoms with Gasteiger partial charge < -0.3 is 10.6 Å². The van der Waals surface area contributed by atoms with Crippen molar-refractivity contribution in [1.82, 2.24) is 10.2 Å². The molecule has 0 bridgehead atoms. The number of nitrogens with one attached hydrogen (secondary N) is 2. The van der Waals surface area contributed by atoms with Gasteiger partial charge >= 0.3 is 0 Å². The van der Waals surface area contributed by atoms with Crippen LogP contribution in [0.4, 0.5) is 10.1 Å². The Morgan fingerprint density at radius 2 is 1.93 bits per heavy atom. The molecule has 0 aliphatic carbocycles. The highest BCUT2D eigenvalue weighted by molar-refractivity contribution is 7.99. The van der Waals surface area contributed by atoms with E-state index >= 15 is 0 Å². The highest BCUT2D eigenvalue weighted by Gasteiger charge is 2.13. The van der Waals surface area contributed by atoms with Gasteiger partial charge in [-0.3, -0.25) is 14.5 Å². The van der Waals surface area contributed by atoms with Crippen LogP contribution in [0.3, 0.4) is 0 Å². The van der Waals surface area contributed by atoms with Gasteiger partial charge in [-0.05, 0) is 42.3 Å². The molecule has 0 unspecified atom stereocenters. The van der Waals surface area contributed by atoms with Crippen LogP contribution in [-0.2, 0) is 11.3 Å². The van der Waals surface area contributed by atoms with E-state index in [0.29, 0.717) is 0 Å². The third kappa shape index (κ3) is 6.45. The lowest BCUT2D eigenvalue weighted by Gasteiger charge is -2.26. The predicted molar refractivity (Wildman–Crippen MR) is 121 cm³/mol. The van der Waals surface area contributed by atoms with Crippen LogP contribution in [0.15, 0.2) is 36.4 Å². The first-order valence-electron chi connectivity index (χ1n) is 9.85. The third-order valence-corrected chi connectivity index (χ3v) is 6.14. The molecule has 0 radical (unpaired) electrons. The Morgan fingerprint density at radius 3 is 2.63 bits per heavy atom. The van der Waals surface area contributed by atoms with Gasteiger partial charge in [-0.25, -0.2) is 4.39 Å². The van der Waals surface area contributed by atoms with Gasteiger partial charge in [0.15, 0.2) is 0 Å². The minimum atomic E-state index is -0.507. The molecule has 1 aliphatic rings. The molecular formula is C22H25ClFN3O2S. The molecule has 1 heterocycles. The normalized spacial score (nSPS) is 14.4. The molecule has 2 N–H and O–H groups in total. The van der Waals surface area contributed by atoms with Gasteiger partial charge in [0.05, 0.1) is 10.6 Å². The summed E-state index contributed by atoms with van der Waals surface area (Å²) in [6.45, 7) is 5.27. The lowest BCUT2D eigenvalue weighted by atomic mass is 10.1. The molecule has 0 atom stereocenters. The smallest absolute Gasteiger partial charge is 0.252 e. The number of anilines is 1. The summed E-state index contributed by atoms with van der Waals surface area (Å²) in [7, 11) is 0. The zero-order chi connectivity index (χ0) is 21.5. The molecule has 160 valence electrons. The van der Waals surface area contributed by atoms with E-state index < -0.39 is 11.7 Å². The maximum absolute atomic E-state index is 13.1. The Hall–Kier alpha value is -2.09. The predicted octanol–water partition coefficient (Wildman–Crippen LogP) is 4.09. The molecule has 8 heteroatoms. The fourth-order valence-corrected chi connectivity index (χ4v) is 4.48. The average Bonchev–Trinajstić information content (AvgIpc) is 2.71. The van der Waals surface area contributed by atoms with E-state index in [-0.39, 0.29) is 29.5 Å². The minimum absolute atomic E-state index is 0.0379. The topological polar surface area (TPSA) is 61.4 Å². The molecule has 2 aromatic rings. The summed E-state index contributed by atoms with van der Waals surface area (Å²) in [5.41, 5.74) is 3.19. The number of aryl methyl sites for hydroxylation is 1. The summed E-state index contributed by atoms with van der Waals surface area (Å²) < 4.78 is 13.1. The van der Waals surface area contributed by atoms with Crippen LogP contribution >= 0.6 is 23.4 Å². The molecule has 0 spiro atoms. The van der Waals surface area contributed by atoms with Crippen molar-refractivity contribution in [2.45, 2.75) is 19.9 Å². The summed E-state index contributed by atoms with van der Waals surface area (Å²) in [5, 5.41) is 5.56. The number of carbonyl (C=O) groups is 2. The fourth-order valence-electron chi connectivity index (χ4n) is 3.25. The number of benzene rings is 2. The van der Waals surface area contributed by atoms with Crippen LogP contribution in [0, 0.1) is 12.7 Å². The van der Waals surface area contributed by atoms with Gasteiger partial charge in [-0.15, -0.1) is 0 Å². The van der Waals surface area contributed by atoms with Crippen LogP contribution in [0.1, 0.15) is 27.9 Å². The Bertz CT molecular complexity index is 919. The Morgan fingerprint density at radius 1 is 1.17 bits per heavy atom. The highest BCUT2D eigenvalue weighted by Crippen LogP contribution is 2.20. The van der Waals surface area contributed by atoms with Crippen molar-refractivity contribution in [2.75, 3.05) is 36.5 Å². The molecule has 3 rings (SSSR count). The van der Waals surface area contributed by atoms with Crippen LogP contribution in [-0.4, -0.2) is 47.9 Å². The molecular weight excluding hydrogens is 425 g/mol. The number of hydrogen-bond acceptors (Lipinski definition) is 4. The number of rotatable bonds is 7. The van der Waals surface area contributed by atoms with Crippen LogP contribution < -0.4 is 10.6 Å². The van der Waals surface area contributed by atoms with Gasteiger partial charge in [-0.2, -0.15) is 11.8 Å². The molecule has 1 fully saturated rings. The van der Waals surface area contributed by atoms with E-state index in [0.717, 1.165) is 37.0 Å². The van der Waals surface area contributed by atoms with Crippen molar-refractivity contribution >= 4 is 40.9 Å². The van der Waals surface area contributed by atoms with E-state index in [1.807, 2.05) is 30.8 Å². The number of carbonyl (C=O) groups excluding carboxylic acids is 2. The molecule has 1 aliphatic heterocycles. The maximum atomic E-state index is 13.1. The van der Waals surface area contributed by atoms with Crippen molar-refractivity contribution in [3.05, 3.63) is 63.9 Å². The van der Waals surface area contributed by atoms with Crippen LogP contribution in [0.5, 0.6) is 0 Å². The molecule has 2 aromatic carbocycles. The quantitative estimate of drug-likeness (QED) is 0.668. The number of hydrogen-bond donors (Lipinski definition) is 2. The molecule has 30 heavy (non-hydrogen) atoms. The van der Waals surface area contributed by atoms with Gasteiger partial charge in [-0.1, -0.05) is 23.7 Å². The van der Waals surface area contributed by atoms with E-state index in [9.17, 15) is 14.0 Å². The monoisotopic (exact) mass is 449 g/mol. The number of amides is 2. The Labute approximate surface area is 185 Å². The van der Waals surface area contributed by atoms with E-state index in [1.165, 1.54) is 29.2 Å². The minimum Gasteiger partial charge on any atom is -0.351 e. The van der Waals surface area contributed by atoms with Gasteiger partial charge in [0, 0.05) is 49.8 Å². The molecule has 0 saturated carbocycles. The fraction of sp³-hybridized carbons (Fsp3) is 0.364. The zero-order valence-corrected chi connectivity index (χ0v) is 18.4. The molecule has 0 aromatic heterocycles. The first-order chi connectivity index (χ1) is 14.4. The van der Waals surface area contributed by atoms with Crippen LogP contribution in [0.2, 0.25) is 5.02 Å².